The monoisotopic (exact) mass is 384 g/mol. The van der Waals surface area contributed by atoms with Crippen LogP contribution in [0.5, 0.6) is 0 Å². The number of rotatable bonds is 4. The van der Waals surface area contributed by atoms with Crippen molar-refractivity contribution in [1.29, 1.82) is 0 Å². The molecule has 0 bridgehead atoms. The maximum atomic E-state index is 6.72. The summed E-state index contributed by atoms with van der Waals surface area (Å²) in [5.41, 5.74) is 8.40. The van der Waals surface area contributed by atoms with Crippen LogP contribution in [-0.2, 0) is 6.42 Å². The van der Waals surface area contributed by atoms with Gasteiger partial charge in [-0.1, -0.05) is 25.0 Å². The topological polar surface area (TPSA) is 29.3 Å². The van der Waals surface area contributed by atoms with Crippen LogP contribution in [0.4, 0.5) is 0 Å². The number of benzene rings is 1. The van der Waals surface area contributed by atoms with Gasteiger partial charge in [0.2, 0.25) is 0 Å². The number of likely N-dealkylation sites (tertiary alicyclic amines) is 1. The lowest BCUT2D eigenvalue weighted by Gasteiger charge is -2.43. The Morgan fingerprint density at radius 3 is 2.25 bits per heavy atom. The van der Waals surface area contributed by atoms with Gasteiger partial charge in [0.1, 0.15) is 0 Å². The normalized spacial score (nSPS) is 24.1. The van der Waals surface area contributed by atoms with Gasteiger partial charge >= 0.3 is 0 Å². The van der Waals surface area contributed by atoms with Gasteiger partial charge in [-0.05, 0) is 85.5 Å². The molecule has 1 aromatic rings. The van der Waals surface area contributed by atoms with E-state index in [1.165, 1.54) is 60.7 Å². The largest absolute Gasteiger partial charge is 0.326 e. The summed E-state index contributed by atoms with van der Waals surface area (Å²) in [5.74, 6) is 0. The van der Waals surface area contributed by atoms with E-state index in [0.717, 1.165) is 6.42 Å². The molecule has 2 fully saturated rings. The number of nitrogens with zero attached hydrogens (tertiary/aromatic N) is 1. The first-order valence-electron chi connectivity index (χ1n) is 7.96. The van der Waals surface area contributed by atoms with Gasteiger partial charge in [0.05, 0.1) is 0 Å². The molecule has 1 aliphatic heterocycles. The minimum Gasteiger partial charge on any atom is -0.326 e. The molecule has 1 atom stereocenters. The lowest BCUT2D eigenvalue weighted by molar-refractivity contribution is 0.0921. The van der Waals surface area contributed by atoms with Crippen LogP contribution in [0.25, 0.3) is 0 Å². The molecule has 3 heteroatoms. The lowest BCUT2D eigenvalue weighted by atomic mass is 9.83. The molecule has 1 aromatic carbocycles. The van der Waals surface area contributed by atoms with Crippen LogP contribution in [0.2, 0.25) is 0 Å². The molecule has 110 valence electrons. The molecular formula is C17H25IN2. The molecule has 2 N–H and O–H groups in total. The second-order valence-corrected chi connectivity index (χ2v) is 7.69. The van der Waals surface area contributed by atoms with Crippen molar-refractivity contribution < 1.29 is 0 Å². The van der Waals surface area contributed by atoms with Crippen LogP contribution < -0.4 is 5.73 Å². The van der Waals surface area contributed by atoms with Crippen LogP contribution in [0.1, 0.15) is 44.1 Å². The number of hydrogen-bond donors (Lipinski definition) is 1. The zero-order valence-electron chi connectivity index (χ0n) is 12.2. The molecule has 0 radical (unpaired) electrons. The van der Waals surface area contributed by atoms with Gasteiger partial charge in [-0.3, -0.25) is 4.90 Å². The van der Waals surface area contributed by atoms with Crippen LogP contribution in [0.15, 0.2) is 24.3 Å². The van der Waals surface area contributed by atoms with Gasteiger partial charge < -0.3 is 5.73 Å². The Bertz CT molecular complexity index is 431. The minimum absolute atomic E-state index is 0.281. The maximum Gasteiger partial charge on any atom is 0.0363 e. The quantitative estimate of drug-likeness (QED) is 0.805. The first kappa shape index (κ1) is 14.8. The van der Waals surface area contributed by atoms with E-state index in [1.807, 2.05) is 0 Å². The third-order valence-electron chi connectivity index (χ3n) is 5.26. The Morgan fingerprint density at radius 1 is 1.05 bits per heavy atom. The Labute approximate surface area is 136 Å². The third kappa shape index (κ3) is 2.90. The van der Waals surface area contributed by atoms with E-state index >= 15 is 0 Å². The van der Waals surface area contributed by atoms with Crippen molar-refractivity contribution in [3.05, 3.63) is 33.4 Å². The summed E-state index contributed by atoms with van der Waals surface area (Å²) >= 11 is 2.36. The van der Waals surface area contributed by atoms with E-state index in [-0.39, 0.29) is 6.04 Å². The highest BCUT2D eigenvalue weighted by atomic mass is 127. The molecule has 1 saturated carbocycles. The van der Waals surface area contributed by atoms with Crippen LogP contribution in [0.3, 0.4) is 0 Å². The van der Waals surface area contributed by atoms with Gasteiger partial charge in [0.15, 0.2) is 0 Å². The molecule has 0 amide bonds. The predicted molar refractivity (Wildman–Crippen MR) is 92.8 cm³/mol. The molecule has 3 rings (SSSR count). The molecule has 1 aliphatic carbocycles. The maximum absolute atomic E-state index is 6.72. The van der Waals surface area contributed by atoms with E-state index in [1.54, 1.807) is 0 Å². The SMILES string of the molecule is NC(Cc1ccc(I)cc1)C1(N2CCCC2)CCCC1. The van der Waals surface area contributed by atoms with Crippen LogP contribution in [-0.4, -0.2) is 29.6 Å². The Hall–Kier alpha value is -0.130. The van der Waals surface area contributed by atoms with Crippen molar-refractivity contribution in [1.82, 2.24) is 4.90 Å². The second-order valence-electron chi connectivity index (χ2n) is 6.44. The first-order chi connectivity index (χ1) is 9.71. The zero-order chi connectivity index (χ0) is 14.0. The fourth-order valence-electron chi connectivity index (χ4n) is 4.14. The Kier molecular flexibility index (Phi) is 4.68. The second kappa shape index (κ2) is 6.32. The molecule has 0 aromatic heterocycles. The number of nitrogens with two attached hydrogens (primary N) is 1. The van der Waals surface area contributed by atoms with Crippen molar-refractivity contribution in [3.63, 3.8) is 0 Å². The first-order valence-corrected chi connectivity index (χ1v) is 9.04. The number of halogens is 1. The summed E-state index contributed by atoms with van der Waals surface area (Å²) in [5, 5.41) is 0. The fourth-order valence-corrected chi connectivity index (χ4v) is 4.50. The molecule has 2 aliphatic rings. The molecule has 1 heterocycles. The van der Waals surface area contributed by atoms with Gasteiger partial charge in [0.25, 0.3) is 0 Å². The summed E-state index contributed by atoms with van der Waals surface area (Å²) in [6, 6.07) is 9.16. The Morgan fingerprint density at radius 2 is 1.65 bits per heavy atom. The van der Waals surface area contributed by atoms with Crippen LogP contribution in [0, 0.1) is 3.57 Å². The third-order valence-corrected chi connectivity index (χ3v) is 5.98. The summed E-state index contributed by atoms with van der Waals surface area (Å²) in [6.45, 7) is 2.53. The molecule has 1 saturated heterocycles. The van der Waals surface area contributed by atoms with Crippen LogP contribution >= 0.6 is 22.6 Å². The van der Waals surface area contributed by atoms with Gasteiger partial charge in [0, 0.05) is 15.2 Å². The molecule has 2 nitrogen and oxygen atoms in total. The van der Waals surface area contributed by atoms with E-state index in [9.17, 15) is 0 Å². The van der Waals surface area contributed by atoms with E-state index in [2.05, 4.69) is 51.8 Å². The number of hydrogen-bond acceptors (Lipinski definition) is 2. The highest BCUT2D eigenvalue weighted by Gasteiger charge is 2.44. The zero-order valence-corrected chi connectivity index (χ0v) is 14.3. The van der Waals surface area contributed by atoms with Crippen molar-refractivity contribution in [3.8, 4) is 0 Å². The van der Waals surface area contributed by atoms with Gasteiger partial charge in [-0.25, -0.2) is 0 Å². The predicted octanol–water partition coefficient (Wildman–Crippen LogP) is 3.57. The lowest BCUT2D eigenvalue weighted by Crippen LogP contribution is -2.58. The summed E-state index contributed by atoms with van der Waals surface area (Å²) in [6.07, 6.45) is 9.06. The average Bonchev–Trinajstić information content (AvgIpc) is 3.12. The summed E-state index contributed by atoms with van der Waals surface area (Å²) in [7, 11) is 0. The Balaban J connectivity index is 1.75. The van der Waals surface area contributed by atoms with Crippen molar-refractivity contribution in [2.75, 3.05) is 13.1 Å². The fraction of sp³-hybridized carbons (Fsp3) is 0.647. The minimum atomic E-state index is 0.281. The highest BCUT2D eigenvalue weighted by Crippen LogP contribution is 2.40. The van der Waals surface area contributed by atoms with Crippen molar-refractivity contribution >= 4 is 22.6 Å². The standard InChI is InChI=1S/C17H25IN2/c18-15-7-5-14(6-8-15)13-16(19)17(9-1-2-10-17)20-11-3-4-12-20/h5-8,16H,1-4,9-13,19H2. The van der Waals surface area contributed by atoms with E-state index < -0.39 is 0 Å². The van der Waals surface area contributed by atoms with Gasteiger partial charge in [-0.15, -0.1) is 0 Å². The highest BCUT2D eigenvalue weighted by molar-refractivity contribution is 14.1. The summed E-state index contributed by atoms with van der Waals surface area (Å²) < 4.78 is 1.30. The van der Waals surface area contributed by atoms with E-state index in [0.29, 0.717) is 5.54 Å². The summed E-state index contributed by atoms with van der Waals surface area (Å²) in [4.78, 5) is 2.72. The van der Waals surface area contributed by atoms with E-state index in [4.69, 9.17) is 5.73 Å². The average molecular weight is 384 g/mol. The van der Waals surface area contributed by atoms with Gasteiger partial charge in [-0.2, -0.15) is 0 Å². The molecule has 1 unspecified atom stereocenters. The smallest absolute Gasteiger partial charge is 0.0363 e. The van der Waals surface area contributed by atoms with Crippen molar-refractivity contribution in [2.24, 2.45) is 5.73 Å². The van der Waals surface area contributed by atoms with Crippen molar-refractivity contribution in [2.45, 2.75) is 56.5 Å². The molecular weight excluding hydrogens is 359 g/mol. The molecule has 20 heavy (non-hydrogen) atoms. The molecule has 0 spiro atoms.